The van der Waals surface area contributed by atoms with E-state index in [9.17, 15) is 9.18 Å². The van der Waals surface area contributed by atoms with Gasteiger partial charge in [0.2, 0.25) is 0 Å². The number of carbonyl (C=O) groups excluding carboxylic acids is 1. The highest BCUT2D eigenvalue weighted by atomic mass is 19.1. The Balaban J connectivity index is 2.74. The van der Waals surface area contributed by atoms with Gasteiger partial charge in [0.25, 0.3) is 0 Å². The number of primary amides is 1. The second-order valence-electron chi connectivity index (χ2n) is 3.26. The topological polar surface area (TPSA) is 61.6 Å². The molecule has 0 bridgehead atoms. The fourth-order valence-corrected chi connectivity index (χ4v) is 1.34. The van der Waals surface area contributed by atoms with Crippen LogP contribution in [0.4, 0.5) is 9.18 Å². The Morgan fingerprint density at radius 1 is 1.44 bits per heavy atom. The molecule has 2 N–H and O–H groups in total. The van der Waals surface area contributed by atoms with Crippen molar-refractivity contribution in [2.75, 3.05) is 13.7 Å². The highest BCUT2D eigenvalue weighted by Crippen LogP contribution is 2.21. The van der Waals surface area contributed by atoms with E-state index in [1.807, 2.05) is 0 Å². The number of rotatable bonds is 5. The number of benzene rings is 1. The lowest BCUT2D eigenvalue weighted by Gasteiger charge is -2.16. The number of carbonyl (C=O) groups is 1. The second kappa shape index (κ2) is 6.07. The van der Waals surface area contributed by atoms with Crippen LogP contribution in [0.1, 0.15) is 18.1 Å². The Bertz CT molecular complexity index is 340. The number of halogens is 1. The van der Waals surface area contributed by atoms with Crippen LogP contribution >= 0.6 is 0 Å². The summed E-state index contributed by atoms with van der Waals surface area (Å²) in [5, 5.41) is 0. The molecular formula is C11H14FNO3. The van der Waals surface area contributed by atoms with E-state index in [1.54, 1.807) is 19.2 Å². The van der Waals surface area contributed by atoms with E-state index in [0.29, 0.717) is 18.6 Å². The minimum atomic E-state index is -0.856. The van der Waals surface area contributed by atoms with E-state index < -0.39 is 12.2 Å². The summed E-state index contributed by atoms with van der Waals surface area (Å²) in [6, 6.07) is 5.72. The summed E-state index contributed by atoms with van der Waals surface area (Å²) in [7, 11) is 1.55. The third kappa shape index (κ3) is 3.86. The number of hydrogen-bond acceptors (Lipinski definition) is 3. The first kappa shape index (κ1) is 12.4. The van der Waals surface area contributed by atoms with Crippen molar-refractivity contribution in [3.05, 3.63) is 35.6 Å². The molecule has 0 saturated heterocycles. The third-order valence-corrected chi connectivity index (χ3v) is 2.08. The summed E-state index contributed by atoms with van der Waals surface area (Å²) in [5.41, 5.74) is 5.65. The van der Waals surface area contributed by atoms with Crippen molar-refractivity contribution >= 4 is 6.09 Å². The van der Waals surface area contributed by atoms with Crippen LogP contribution < -0.4 is 5.73 Å². The molecule has 88 valence electrons. The van der Waals surface area contributed by atoms with Gasteiger partial charge < -0.3 is 15.2 Å². The molecule has 0 aliphatic heterocycles. The monoisotopic (exact) mass is 227 g/mol. The lowest BCUT2D eigenvalue weighted by Crippen LogP contribution is -2.18. The van der Waals surface area contributed by atoms with Crippen molar-refractivity contribution in [2.24, 2.45) is 5.73 Å². The summed E-state index contributed by atoms with van der Waals surface area (Å²) < 4.78 is 22.5. The van der Waals surface area contributed by atoms with Crippen molar-refractivity contribution in [1.29, 1.82) is 0 Å². The standard InChI is InChI=1S/C11H14FNO3/c1-15-7-6-10(16-11(13)14)8-2-4-9(12)5-3-8/h2-5,10H,6-7H2,1H3,(H2,13,14)/t10-/m0/s1. The Morgan fingerprint density at radius 3 is 2.56 bits per heavy atom. The Morgan fingerprint density at radius 2 is 2.06 bits per heavy atom. The largest absolute Gasteiger partial charge is 0.441 e. The van der Waals surface area contributed by atoms with Gasteiger partial charge in [0.1, 0.15) is 11.9 Å². The van der Waals surface area contributed by atoms with E-state index in [2.05, 4.69) is 0 Å². The van der Waals surface area contributed by atoms with E-state index in [1.165, 1.54) is 12.1 Å². The third-order valence-electron chi connectivity index (χ3n) is 2.08. The predicted octanol–water partition coefficient (Wildman–Crippen LogP) is 2.00. The molecular weight excluding hydrogens is 213 g/mol. The maximum Gasteiger partial charge on any atom is 0.405 e. The lowest BCUT2D eigenvalue weighted by atomic mass is 10.1. The van der Waals surface area contributed by atoms with Crippen molar-refractivity contribution in [2.45, 2.75) is 12.5 Å². The molecule has 1 aromatic carbocycles. The summed E-state index contributed by atoms with van der Waals surface area (Å²) >= 11 is 0. The summed E-state index contributed by atoms with van der Waals surface area (Å²) in [6.45, 7) is 0.426. The molecule has 0 unspecified atom stereocenters. The first-order chi connectivity index (χ1) is 7.63. The molecule has 1 atom stereocenters. The number of amides is 1. The van der Waals surface area contributed by atoms with Crippen LogP contribution in [0.2, 0.25) is 0 Å². The van der Waals surface area contributed by atoms with E-state index in [-0.39, 0.29) is 5.82 Å². The first-order valence-electron chi connectivity index (χ1n) is 4.84. The van der Waals surface area contributed by atoms with Gasteiger partial charge in [-0.25, -0.2) is 9.18 Å². The zero-order valence-corrected chi connectivity index (χ0v) is 8.98. The maximum absolute atomic E-state index is 12.7. The van der Waals surface area contributed by atoms with Gasteiger partial charge in [0.05, 0.1) is 6.61 Å². The van der Waals surface area contributed by atoms with Crippen LogP contribution in [0.5, 0.6) is 0 Å². The predicted molar refractivity (Wildman–Crippen MR) is 56.3 cm³/mol. The average Bonchev–Trinajstić information content (AvgIpc) is 2.25. The molecule has 0 radical (unpaired) electrons. The first-order valence-corrected chi connectivity index (χ1v) is 4.84. The molecule has 1 rings (SSSR count). The normalized spacial score (nSPS) is 12.1. The number of hydrogen-bond donors (Lipinski definition) is 1. The van der Waals surface area contributed by atoms with Crippen LogP contribution in [0, 0.1) is 5.82 Å². The average molecular weight is 227 g/mol. The Kier molecular flexibility index (Phi) is 4.72. The van der Waals surface area contributed by atoms with Crippen LogP contribution in [0.3, 0.4) is 0 Å². The molecule has 0 saturated carbocycles. The molecule has 1 aromatic rings. The van der Waals surface area contributed by atoms with Gasteiger partial charge in [-0.05, 0) is 17.7 Å². The highest BCUT2D eigenvalue weighted by molar-refractivity contribution is 5.65. The quantitative estimate of drug-likeness (QED) is 0.836. The van der Waals surface area contributed by atoms with Crippen LogP contribution in [0.25, 0.3) is 0 Å². The van der Waals surface area contributed by atoms with Crippen molar-refractivity contribution in [3.8, 4) is 0 Å². The van der Waals surface area contributed by atoms with Crippen molar-refractivity contribution < 1.29 is 18.7 Å². The molecule has 0 spiro atoms. The van der Waals surface area contributed by atoms with Gasteiger partial charge in [0, 0.05) is 13.5 Å². The fraction of sp³-hybridized carbons (Fsp3) is 0.364. The minimum Gasteiger partial charge on any atom is -0.441 e. The van der Waals surface area contributed by atoms with Gasteiger partial charge in [-0.1, -0.05) is 12.1 Å². The number of ether oxygens (including phenoxy) is 2. The van der Waals surface area contributed by atoms with Crippen molar-refractivity contribution in [1.82, 2.24) is 0 Å². The smallest absolute Gasteiger partial charge is 0.405 e. The van der Waals surface area contributed by atoms with Gasteiger partial charge >= 0.3 is 6.09 Å². The Labute approximate surface area is 93.2 Å². The molecule has 0 aliphatic rings. The molecule has 4 nitrogen and oxygen atoms in total. The molecule has 0 aromatic heterocycles. The highest BCUT2D eigenvalue weighted by Gasteiger charge is 2.14. The zero-order valence-electron chi connectivity index (χ0n) is 8.98. The van der Waals surface area contributed by atoms with Gasteiger partial charge in [0.15, 0.2) is 0 Å². The molecule has 5 heteroatoms. The molecule has 16 heavy (non-hydrogen) atoms. The SMILES string of the molecule is COCC[C@H](OC(N)=O)c1ccc(F)cc1. The second-order valence-corrected chi connectivity index (χ2v) is 3.26. The minimum absolute atomic E-state index is 0.340. The molecule has 0 fully saturated rings. The van der Waals surface area contributed by atoms with Crippen molar-refractivity contribution in [3.63, 3.8) is 0 Å². The molecule has 0 heterocycles. The molecule has 0 aliphatic carbocycles. The summed E-state index contributed by atoms with van der Waals surface area (Å²) in [6.07, 6.45) is -0.881. The van der Waals surface area contributed by atoms with Crippen LogP contribution in [-0.2, 0) is 9.47 Å². The molecule has 1 amide bonds. The van der Waals surface area contributed by atoms with E-state index in [0.717, 1.165) is 0 Å². The van der Waals surface area contributed by atoms with Crippen LogP contribution in [0.15, 0.2) is 24.3 Å². The van der Waals surface area contributed by atoms with Gasteiger partial charge in [-0.3, -0.25) is 0 Å². The van der Waals surface area contributed by atoms with E-state index >= 15 is 0 Å². The maximum atomic E-state index is 12.7. The van der Waals surface area contributed by atoms with Gasteiger partial charge in [-0.2, -0.15) is 0 Å². The number of methoxy groups -OCH3 is 1. The number of nitrogens with two attached hydrogens (primary N) is 1. The van der Waals surface area contributed by atoms with Gasteiger partial charge in [-0.15, -0.1) is 0 Å². The fourth-order valence-electron chi connectivity index (χ4n) is 1.34. The van der Waals surface area contributed by atoms with E-state index in [4.69, 9.17) is 15.2 Å². The van der Waals surface area contributed by atoms with Crippen LogP contribution in [-0.4, -0.2) is 19.8 Å². The summed E-state index contributed by atoms with van der Waals surface area (Å²) in [5.74, 6) is -0.340. The Hall–Kier alpha value is -1.62. The zero-order chi connectivity index (χ0) is 12.0. The lowest BCUT2D eigenvalue weighted by molar-refractivity contribution is 0.0776. The summed E-state index contributed by atoms with van der Waals surface area (Å²) in [4.78, 5) is 10.7.